The second-order valence-corrected chi connectivity index (χ2v) is 8.62. The van der Waals surface area contributed by atoms with Crippen LogP contribution in [0.2, 0.25) is 0 Å². The Labute approximate surface area is 150 Å². The van der Waals surface area contributed by atoms with E-state index in [1.165, 1.54) is 12.8 Å². The van der Waals surface area contributed by atoms with Crippen LogP contribution < -0.4 is 9.62 Å². The molecule has 0 radical (unpaired) electrons. The van der Waals surface area contributed by atoms with E-state index in [9.17, 15) is 8.42 Å². The van der Waals surface area contributed by atoms with Crippen molar-refractivity contribution in [3.63, 3.8) is 0 Å². The summed E-state index contributed by atoms with van der Waals surface area (Å²) in [6.07, 6.45) is 4.02. The number of rotatable bonds is 4. The second kappa shape index (κ2) is 7.04. The predicted molar refractivity (Wildman–Crippen MR) is 102 cm³/mol. The summed E-state index contributed by atoms with van der Waals surface area (Å²) in [5.74, 6) is 1.57. The zero-order chi connectivity index (χ0) is 18.0. The number of hydrogen-bond acceptors (Lipinski definition) is 4. The van der Waals surface area contributed by atoms with Gasteiger partial charge in [0.05, 0.1) is 16.8 Å². The summed E-state index contributed by atoms with van der Waals surface area (Å²) in [6.45, 7) is 7.94. The van der Waals surface area contributed by atoms with E-state index in [2.05, 4.69) is 21.5 Å². The Balaban J connectivity index is 1.77. The van der Waals surface area contributed by atoms with Gasteiger partial charge in [-0.15, -0.1) is 0 Å². The SMILES string of the molecule is Cc1ccc(C)c(S(=O)(=O)Nc2ccc(N3CCCC(C)C3)nc2)c1. The number of pyridine rings is 1. The minimum Gasteiger partial charge on any atom is -0.356 e. The Morgan fingerprint density at radius 2 is 2.00 bits per heavy atom. The normalized spacial score (nSPS) is 18.2. The molecule has 1 N–H and O–H groups in total. The van der Waals surface area contributed by atoms with E-state index in [4.69, 9.17) is 0 Å². The van der Waals surface area contributed by atoms with Crippen molar-refractivity contribution >= 4 is 21.5 Å². The van der Waals surface area contributed by atoms with Crippen molar-refractivity contribution in [1.82, 2.24) is 4.98 Å². The predicted octanol–water partition coefficient (Wildman–Crippen LogP) is 3.74. The smallest absolute Gasteiger partial charge is 0.262 e. The topological polar surface area (TPSA) is 62.3 Å². The fraction of sp³-hybridized carbons (Fsp3) is 0.421. The molecule has 1 aromatic carbocycles. The highest BCUT2D eigenvalue weighted by Gasteiger charge is 2.19. The van der Waals surface area contributed by atoms with Gasteiger partial charge in [0.15, 0.2) is 0 Å². The van der Waals surface area contributed by atoms with E-state index in [0.717, 1.165) is 30.0 Å². The van der Waals surface area contributed by atoms with Crippen molar-refractivity contribution in [3.8, 4) is 0 Å². The number of anilines is 2. The van der Waals surface area contributed by atoms with Crippen LogP contribution in [0.1, 0.15) is 30.9 Å². The van der Waals surface area contributed by atoms with E-state index in [0.29, 0.717) is 16.5 Å². The minimum absolute atomic E-state index is 0.307. The second-order valence-electron chi connectivity index (χ2n) is 6.97. The lowest BCUT2D eigenvalue weighted by molar-refractivity contribution is 0.444. The zero-order valence-electron chi connectivity index (χ0n) is 15.0. The lowest BCUT2D eigenvalue weighted by Gasteiger charge is -2.31. The summed E-state index contributed by atoms with van der Waals surface area (Å²) in [5, 5.41) is 0. The average molecular weight is 359 g/mol. The van der Waals surface area contributed by atoms with E-state index < -0.39 is 10.0 Å². The molecule has 0 bridgehead atoms. The molecule has 0 saturated carbocycles. The summed E-state index contributed by atoms with van der Waals surface area (Å²) < 4.78 is 27.9. The van der Waals surface area contributed by atoms with Crippen LogP contribution in [0.3, 0.4) is 0 Å². The fourth-order valence-corrected chi connectivity index (χ4v) is 4.61. The number of nitrogens with zero attached hydrogens (tertiary/aromatic N) is 2. The van der Waals surface area contributed by atoms with Gasteiger partial charge in [0.2, 0.25) is 0 Å². The van der Waals surface area contributed by atoms with Gasteiger partial charge in [-0.1, -0.05) is 19.1 Å². The van der Waals surface area contributed by atoms with Crippen LogP contribution in [0.5, 0.6) is 0 Å². The Morgan fingerprint density at radius 1 is 1.20 bits per heavy atom. The number of sulfonamides is 1. The fourth-order valence-electron chi connectivity index (χ4n) is 3.24. The van der Waals surface area contributed by atoms with Crippen LogP contribution >= 0.6 is 0 Å². The summed E-state index contributed by atoms with van der Waals surface area (Å²) in [5.41, 5.74) is 2.12. The molecule has 25 heavy (non-hydrogen) atoms. The van der Waals surface area contributed by atoms with Crippen molar-refractivity contribution in [2.24, 2.45) is 5.92 Å². The lowest BCUT2D eigenvalue weighted by Crippen LogP contribution is -2.34. The first-order valence-electron chi connectivity index (χ1n) is 8.66. The highest BCUT2D eigenvalue weighted by Crippen LogP contribution is 2.24. The third-order valence-electron chi connectivity index (χ3n) is 4.61. The van der Waals surface area contributed by atoms with Crippen molar-refractivity contribution < 1.29 is 8.42 Å². The molecule has 2 heterocycles. The van der Waals surface area contributed by atoms with Crippen LogP contribution in [0.25, 0.3) is 0 Å². The first kappa shape index (κ1) is 17.7. The molecule has 1 aliphatic heterocycles. The quantitative estimate of drug-likeness (QED) is 0.903. The van der Waals surface area contributed by atoms with Crippen molar-refractivity contribution in [2.75, 3.05) is 22.7 Å². The van der Waals surface area contributed by atoms with Crippen LogP contribution in [0.4, 0.5) is 11.5 Å². The Kier molecular flexibility index (Phi) is 4.99. The van der Waals surface area contributed by atoms with E-state index in [1.54, 1.807) is 25.3 Å². The van der Waals surface area contributed by atoms with Gasteiger partial charge >= 0.3 is 0 Å². The third kappa shape index (κ3) is 4.12. The first-order chi connectivity index (χ1) is 11.8. The molecule has 5 nitrogen and oxygen atoms in total. The lowest BCUT2D eigenvalue weighted by atomic mass is 10.0. The number of benzene rings is 1. The molecule has 1 aliphatic rings. The molecule has 1 aromatic heterocycles. The van der Waals surface area contributed by atoms with Crippen molar-refractivity contribution in [3.05, 3.63) is 47.7 Å². The minimum atomic E-state index is -3.62. The molecule has 0 aliphatic carbocycles. The van der Waals surface area contributed by atoms with Crippen molar-refractivity contribution in [1.29, 1.82) is 0 Å². The first-order valence-corrected chi connectivity index (χ1v) is 10.1. The number of aryl methyl sites for hydroxylation is 2. The van der Waals surface area contributed by atoms with Crippen molar-refractivity contribution in [2.45, 2.75) is 38.5 Å². The van der Waals surface area contributed by atoms with Gasteiger partial charge in [-0.25, -0.2) is 13.4 Å². The number of hydrogen-bond donors (Lipinski definition) is 1. The molecule has 1 saturated heterocycles. The summed E-state index contributed by atoms with van der Waals surface area (Å²) in [6, 6.07) is 9.09. The van der Waals surface area contributed by atoms with E-state index in [1.807, 2.05) is 25.1 Å². The average Bonchev–Trinajstić information content (AvgIpc) is 2.57. The van der Waals surface area contributed by atoms with Gasteiger partial charge in [0.1, 0.15) is 5.82 Å². The van der Waals surface area contributed by atoms with Gasteiger partial charge in [0.25, 0.3) is 10.0 Å². The molecular formula is C19H25N3O2S. The molecule has 1 fully saturated rings. The van der Waals surface area contributed by atoms with Crippen LogP contribution in [0, 0.1) is 19.8 Å². The van der Waals surface area contributed by atoms with E-state index in [-0.39, 0.29) is 0 Å². The van der Waals surface area contributed by atoms with Gasteiger partial charge < -0.3 is 4.90 Å². The number of nitrogens with one attached hydrogen (secondary N) is 1. The molecule has 2 aromatic rings. The van der Waals surface area contributed by atoms with Crippen LogP contribution in [-0.4, -0.2) is 26.5 Å². The molecule has 134 valence electrons. The summed E-state index contributed by atoms with van der Waals surface area (Å²) in [7, 11) is -3.62. The number of piperidine rings is 1. The molecule has 1 unspecified atom stereocenters. The number of aromatic nitrogens is 1. The Morgan fingerprint density at radius 3 is 2.68 bits per heavy atom. The molecule has 6 heteroatoms. The zero-order valence-corrected chi connectivity index (χ0v) is 15.8. The summed E-state index contributed by atoms with van der Waals surface area (Å²) in [4.78, 5) is 7.02. The molecule has 0 amide bonds. The highest BCUT2D eigenvalue weighted by atomic mass is 32.2. The maximum atomic E-state index is 12.7. The molecule has 3 rings (SSSR count). The van der Waals surface area contributed by atoms with Crippen LogP contribution in [-0.2, 0) is 10.0 Å². The molecule has 0 spiro atoms. The largest absolute Gasteiger partial charge is 0.356 e. The van der Waals surface area contributed by atoms with Crippen LogP contribution in [0.15, 0.2) is 41.4 Å². The Hall–Kier alpha value is -2.08. The third-order valence-corrected chi connectivity index (χ3v) is 6.14. The van der Waals surface area contributed by atoms with Gasteiger partial charge in [-0.2, -0.15) is 0 Å². The Bertz CT molecular complexity index is 847. The maximum absolute atomic E-state index is 12.7. The monoisotopic (exact) mass is 359 g/mol. The van der Waals surface area contributed by atoms with Gasteiger partial charge in [-0.05, 0) is 61.9 Å². The molecule has 1 atom stereocenters. The maximum Gasteiger partial charge on any atom is 0.262 e. The summed E-state index contributed by atoms with van der Waals surface area (Å²) >= 11 is 0. The van der Waals surface area contributed by atoms with Gasteiger partial charge in [0, 0.05) is 13.1 Å². The standard InChI is InChI=1S/C19H25N3O2S/c1-14-6-7-16(3)18(11-14)25(23,24)21-17-8-9-19(20-12-17)22-10-4-5-15(2)13-22/h6-9,11-12,15,21H,4-5,10,13H2,1-3H3. The van der Waals surface area contributed by atoms with E-state index >= 15 is 0 Å². The van der Waals surface area contributed by atoms with Gasteiger partial charge in [-0.3, -0.25) is 4.72 Å². The molecular weight excluding hydrogens is 334 g/mol. The highest BCUT2D eigenvalue weighted by molar-refractivity contribution is 7.92.